The molecular weight excluding hydrogens is 414 g/mol. The number of thioether (sulfide) groups is 1. The lowest BCUT2D eigenvalue weighted by Crippen LogP contribution is -2.25. The van der Waals surface area contributed by atoms with Crippen molar-refractivity contribution in [3.05, 3.63) is 59.2 Å². The molecule has 1 aliphatic heterocycles. The van der Waals surface area contributed by atoms with Crippen LogP contribution < -0.4 is 14.8 Å². The Kier molecular flexibility index (Phi) is 7.57. The molecule has 1 N–H and O–H groups in total. The molecular formula is C23H27N3O4S. The number of rotatable bonds is 7. The van der Waals surface area contributed by atoms with Gasteiger partial charge in [-0.2, -0.15) is 0 Å². The Bertz CT molecular complexity index is 993. The van der Waals surface area contributed by atoms with E-state index in [0.29, 0.717) is 24.1 Å². The monoisotopic (exact) mass is 441 g/mol. The van der Waals surface area contributed by atoms with Crippen molar-refractivity contribution >= 4 is 28.7 Å². The maximum Gasteiger partial charge on any atom is 0.241 e. The van der Waals surface area contributed by atoms with Crippen molar-refractivity contribution < 1.29 is 19.1 Å². The van der Waals surface area contributed by atoms with Crippen LogP contribution in [0.2, 0.25) is 0 Å². The number of amidine groups is 1. The average molecular weight is 442 g/mol. The van der Waals surface area contributed by atoms with E-state index < -0.39 is 0 Å². The Hall–Kier alpha value is -3.00. The summed E-state index contributed by atoms with van der Waals surface area (Å²) >= 11 is 1.32. The second-order valence-corrected chi connectivity index (χ2v) is 8.38. The maximum atomic E-state index is 12.0. The molecule has 0 aromatic heterocycles. The quantitative estimate of drug-likeness (QED) is 0.653. The largest absolute Gasteiger partial charge is 0.493 e. The van der Waals surface area contributed by atoms with E-state index in [1.165, 1.54) is 36.2 Å². The highest BCUT2D eigenvalue weighted by molar-refractivity contribution is 8.14. The van der Waals surface area contributed by atoms with Crippen LogP contribution in [0.4, 0.5) is 0 Å². The van der Waals surface area contributed by atoms with Crippen LogP contribution in [0.1, 0.15) is 42.3 Å². The number of hydrazone groups is 1. The number of amides is 2. The van der Waals surface area contributed by atoms with Crippen molar-refractivity contribution in [1.82, 2.24) is 10.3 Å². The summed E-state index contributed by atoms with van der Waals surface area (Å²) in [6, 6.07) is 13.7. The van der Waals surface area contributed by atoms with Gasteiger partial charge in [0.25, 0.3) is 0 Å². The summed E-state index contributed by atoms with van der Waals surface area (Å²) in [5, 5.41) is 8.28. The van der Waals surface area contributed by atoms with Crippen molar-refractivity contribution in [3.8, 4) is 11.5 Å². The lowest BCUT2D eigenvalue weighted by atomic mass is 10.1. The van der Waals surface area contributed by atoms with E-state index in [-0.39, 0.29) is 17.2 Å². The summed E-state index contributed by atoms with van der Waals surface area (Å²) in [7, 11) is 0. The first-order valence-corrected chi connectivity index (χ1v) is 11.0. The van der Waals surface area contributed by atoms with E-state index in [4.69, 9.17) is 9.47 Å². The van der Waals surface area contributed by atoms with Crippen LogP contribution in [-0.4, -0.2) is 35.2 Å². The van der Waals surface area contributed by atoms with Gasteiger partial charge >= 0.3 is 0 Å². The summed E-state index contributed by atoms with van der Waals surface area (Å²) in [6.45, 7) is 8.01. The third kappa shape index (κ3) is 6.24. The van der Waals surface area contributed by atoms with Crippen LogP contribution >= 0.6 is 11.8 Å². The van der Waals surface area contributed by atoms with Crippen LogP contribution in [0.25, 0.3) is 0 Å². The van der Waals surface area contributed by atoms with Gasteiger partial charge in [0.2, 0.25) is 11.8 Å². The van der Waals surface area contributed by atoms with Gasteiger partial charge in [0.1, 0.15) is 16.9 Å². The van der Waals surface area contributed by atoms with Crippen LogP contribution in [0.5, 0.6) is 11.5 Å². The molecule has 0 saturated carbocycles. The van der Waals surface area contributed by atoms with Gasteiger partial charge in [0.15, 0.2) is 5.17 Å². The molecule has 2 aromatic carbocycles. The zero-order valence-electron chi connectivity index (χ0n) is 18.2. The predicted molar refractivity (Wildman–Crippen MR) is 122 cm³/mol. The molecule has 1 unspecified atom stereocenters. The number of nitrogens with zero attached hydrogens (tertiary/aromatic N) is 2. The molecule has 0 radical (unpaired) electrons. The normalized spacial score (nSPS) is 15.4. The van der Waals surface area contributed by atoms with Crippen LogP contribution in [0.3, 0.4) is 0 Å². The Morgan fingerprint density at radius 3 is 2.61 bits per heavy atom. The molecule has 0 fully saturated rings. The van der Waals surface area contributed by atoms with Gasteiger partial charge in [0, 0.05) is 20.3 Å². The van der Waals surface area contributed by atoms with Gasteiger partial charge in [-0.25, -0.2) is 5.01 Å². The van der Waals surface area contributed by atoms with Crippen molar-refractivity contribution in [2.24, 2.45) is 5.10 Å². The summed E-state index contributed by atoms with van der Waals surface area (Å²) < 4.78 is 11.8. The third-order valence-electron chi connectivity index (χ3n) is 4.55. The van der Waals surface area contributed by atoms with E-state index in [2.05, 4.69) is 22.6 Å². The molecule has 7 nitrogen and oxygen atoms in total. The topological polar surface area (TPSA) is 80.2 Å². The summed E-state index contributed by atoms with van der Waals surface area (Å²) in [5.41, 5.74) is 3.15. The second kappa shape index (κ2) is 10.3. The SMILES string of the molecule is CC(=O)NC1=NN(C(C)=O)C(c2cccc(OCCCOc3cc(C)ccc3C)c2)S1. The van der Waals surface area contributed by atoms with Crippen LogP contribution in [0, 0.1) is 13.8 Å². The van der Waals surface area contributed by atoms with Gasteiger partial charge in [-0.3, -0.25) is 9.59 Å². The number of nitrogens with one attached hydrogen (secondary N) is 1. The van der Waals surface area contributed by atoms with E-state index in [0.717, 1.165) is 23.3 Å². The highest BCUT2D eigenvalue weighted by atomic mass is 32.2. The molecule has 3 rings (SSSR count). The number of carbonyl (C=O) groups excluding carboxylic acids is 2. The Balaban J connectivity index is 1.54. The highest BCUT2D eigenvalue weighted by Crippen LogP contribution is 2.39. The minimum absolute atomic E-state index is 0.201. The molecule has 2 amide bonds. The molecule has 164 valence electrons. The van der Waals surface area contributed by atoms with Crippen molar-refractivity contribution in [1.29, 1.82) is 0 Å². The average Bonchev–Trinajstić information content (AvgIpc) is 3.14. The first-order valence-electron chi connectivity index (χ1n) is 10.1. The van der Waals surface area contributed by atoms with Gasteiger partial charge in [0.05, 0.1) is 13.2 Å². The maximum absolute atomic E-state index is 12.0. The molecule has 0 bridgehead atoms. The highest BCUT2D eigenvalue weighted by Gasteiger charge is 2.32. The minimum atomic E-state index is -0.351. The number of hydrogen-bond acceptors (Lipinski definition) is 6. The first-order chi connectivity index (χ1) is 14.8. The minimum Gasteiger partial charge on any atom is -0.493 e. The van der Waals surface area contributed by atoms with Gasteiger partial charge < -0.3 is 14.8 Å². The third-order valence-corrected chi connectivity index (χ3v) is 5.65. The summed E-state index contributed by atoms with van der Waals surface area (Å²) in [5.74, 6) is 1.18. The van der Waals surface area contributed by atoms with Crippen molar-refractivity contribution in [3.63, 3.8) is 0 Å². The summed E-state index contributed by atoms with van der Waals surface area (Å²) in [6.07, 6.45) is 0.741. The number of ether oxygens (including phenoxy) is 2. The van der Waals surface area contributed by atoms with E-state index >= 15 is 0 Å². The molecule has 2 aromatic rings. The van der Waals surface area contributed by atoms with Gasteiger partial charge in [-0.15, -0.1) is 5.10 Å². The van der Waals surface area contributed by atoms with Gasteiger partial charge in [-0.1, -0.05) is 36.0 Å². The van der Waals surface area contributed by atoms with Crippen molar-refractivity contribution in [2.45, 2.75) is 39.5 Å². The van der Waals surface area contributed by atoms with Crippen molar-refractivity contribution in [2.75, 3.05) is 13.2 Å². The van der Waals surface area contributed by atoms with E-state index in [1.807, 2.05) is 44.2 Å². The number of hydrogen-bond donors (Lipinski definition) is 1. The van der Waals surface area contributed by atoms with E-state index in [1.54, 1.807) is 0 Å². The number of benzene rings is 2. The van der Waals surface area contributed by atoms with Crippen LogP contribution in [0.15, 0.2) is 47.6 Å². The smallest absolute Gasteiger partial charge is 0.241 e. The molecule has 1 heterocycles. The molecule has 0 spiro atoms. The lowest BCUT2D eigenvalue weighted by molar-refractivity contribution is -0.129. The molecule has 31 heavy (non-hydrogen) atoms. The first kappa shape index (κ1) is 22.7. The molecule has 0 saturated heterocycles. The van der Waals surface area contributed by atoms with E-state index in [9.17, 15) is 9.59 Å². The Labute approximate surface area is 186 Å². The molecule has 1 atom stereocenters. The summed E-state index contributed by atoms with van der Waals surface area (Å²) in [4.78, 5) is 23.3. The lowest BCUT2D eigenvalue weighted by Gasteiger charge is -2.19. The zero-order valence-corrected chi connectivity index (χ0v) is 19.0. The fourth-order valence-corrected chi connectivity index (χ4v) is 4.16. The molecule has 0 aliphatic carbocycles. The van der Waals surface area contributed by atoms with Crippen LogP contribution in [-0.2, 0) is 9.59 Å². The predicted octanol–water partition coefficient (Wildman–Crippen LogP) is 4.15. The second-order valence-electron chi connectivity index (χ2n) is 7.31. The Morgan fingerprint density at radius 1 is 1.10 bits per heavy atom. The standard InChI is InChI=1S/C23H27N3O4S/c1-15-9-10-16(2)21(13-15)30-12-6-11-29-20-8-5-7-19(14-20)22-26(18(4)28)25-23(31-22)24-17(3)27/h5,7-10,13-14,22H,6,11-12H2,1-4H3,(H,24,25,27). The fourth-order valence-electron chi connectivity index (χ4n) is 3.03. The molecule has 8 heteroatoms. The molecule has 1 aliphatic rings. The number of aryl methyl sites for hydroxylation is 2. The zero-order chi connectivity index (χ0) is 22.4. The Morgan fingerprint density at radius 2 is 1.87 bits per heavy atom. The fraction of sp³-hybridized carbons (Fsp3) is 0.348. The number of carbonyl (C=O) groups is 2. The van der Waals surface area contributed by atoms with Gasteiger partial charge in [-0.05, 0) is 48.7 Å².